The molecule has 0 fully saturated rings. The van der Waals surface area contributed by atoms with Gasteiger partial charge in [-0.25, -0.2) is 9.97 Å². The van der Waals surface area contributed by atoms with E-state index in [1.807, 2.05) is 6.92 Å². The van der Waals surface area contributed by atoms with E-state index in [1.165, 1.54) is 12.4 Å². The molecule has 0 saturated carbocycles. The molecule has 0 aliphatic heterocycles. The van der Waals surface area contributed by atoms with Crippen LogP contribution in [-0.2, 0) is 4.43 Å². The number of nitrogens with zero attached hydrogens (tertiary/aromatic N) is 2. The van der Waals surface area contributed by atoms with Gasteiger partial charge in [-0.1, -0.05) is 20.8 Å². The average Bonchev–Trinajstić information content (AvgIpc) is 2.27. The van der Waals surface area contributed by atoms with E-state index in [4.69, 9.17) is 14.5 Å². The Hall–Kier alpha value is -0.758. The Morgan fingerprint density at radius 2 is 1.68 bits per heavy atom. The van der Waals surface area contributed by atoms with Crippen molar-refractivity contribution in [2.24, 2.45) is 0 Å². The van der Waals surface area contributed by atoms with Crippen LogP contribution in [0.2, 0.25) is 18.1 Å². The summed E-state index contributed by atoms with van der Waals surface area (Å²) in [4.78, 5) is 8.26. The lowest BCUT2D eigenvalue weighted by Crippen LogP contribution is -2.41. The summed E-state index contributed by atoms with van der Waals surface area (Å²) < 4.78 is 6.18. The molecule has 0 amide bonds. The van der Waals surface area contributed by atoms with Crippen LogP contribution < -0.4 is 5.46 Å². The van der Waals surface area contributed by atoms with Gasteiger partial charge in [0.05, 0.1) is 0 Å². The van der Waals surface area contributed by atoms with Gasteiger partial charge in [0.2, 0.25) is 0 Å². The predicted octanol–water partition coefficient (Wildman–Crippen LogP) is 1.24. The quantitative estimate of drug-likeness (QED) is 0.813. The summed E-state index contributed by atoms with van der Waals surface area (Å²) in [6, 6.07) is 0. The number of rotatable bonds is 4. The molecule has 1 aromatic heterocycles. The molecule has 1 aromatic rings. The molecule has 0 aliphatic carbocycles. The molecular weight excluding hydrogens is 259 g/mol. The highest BCUT2D eigenvalue weighted by Gasteiger charge is 2.39. The molecule has 106 valence electrons. The fraction of sp³-hybridized carbons (Fsp3) is 0.667. The van der Waals surface area contributed by atoms with Gasteiger partial charge in [-0.05, 0) is 25.1 Å². The summed E-state index contributed by atoms with van der Waals surface area (Å²) in [6.45, 7) is 12.8. The second kappa shape index (κ2) is 5.70. The highest BCUT2D eigenvalue weighted by atomic mass is 28.4. The first kappa shape index (κ1) is 16.3. The minimum absolute atomic E-state index is 0.127. The van der Waals surface area contributed by atoms with Crippen LogP contribution in [0.3, 0.4) is 0 Å². The van der Waals surface area contributed by atoms with Crippen LogP contribution in [0.15, 0.2) is 12.4 Å². The molecule has 0 spiro atoms. The topological polar surface area (TPSA) is 75.5 Å². The number of hydrogen-bond donors (Lipinski definition) is 2. The van der Waals surface area contributed by atoms with Crippen LogP contribution in [0.5, 0.6) is 0 Å². The third-order valence-electron chi connectivity index (χ3n) is 3.63. The minimum atomic E-state index is -1.86. The van der Waals surface area contributed by atoms with E-state index in [2.05, 4.69) is 43.8 Å². The van der Waals surface area contributed by atoms with Gasteiger partial charge in [-0.3, -0.25) is 0 Å². The Kier molecular flexibility index (Phi) is 4.89. The molecule has 19 heavy (non-hydrogen) atoms. The zero-order valence-electron chi connectivity index (χ0n) is 12.5. The summed E-state index contributed by atoms with van der Waals surface area (Å²) in [5, 5.41) is 18.1. The minimum Gasteiger partial charge on any atom is -0.423 e. The van der Waals surface area contributed by atoms with Gasteiger partial charge in [0, 0.05) is 17.9 Å². The van der Waals surface area contributed by atoms with E-state index in [1.54, 1.807) is 0 Å². The zero-order chi connectivity index (χ0) is 14.8. The SMILES string of the molecule is CC(O[Si](C)(C)C(C)(C)C)c1ncc(B(O)O)cn1. The van der Waals surface area contributed by atoms with Crippen molar-refractivity contribution in [3.63, 3.8) is 0 Å². The maximum atomic E-state index is 9.00. The summed E-state index contributed by atoms with van der Waals surface area (Å²) >= 11 is 0. The molecule has 1 atom stereocenters. The van der Waals surface area contributed by atoms with Gasteiger partial charge in [-0.15, -0.1) is 0 Å². The maximum absolute atomic E-state index is 9.00. The molecule has 0 aromatic carbocycles. The van der Waals surface area contributed by atoms with Crippen molar-refractivity contribution < 1.29 is 14.5 Å². The molecule has 0 saturated heterocycles. The van der Waals surface area contributed by atoms with Crippen LogP contribution in [0.25, 0.3) is 0 Å². The molecule has 5 nitrogen and oxygen atoms in total. The van der Waals surface area contributed by atoms with Crippen LogP contribution in [0.4, 0.5) is 0 Å². The van der Waals surface area contributed by atoms with Crippen molar-refractivity contribution in [2.75, 3.05) is 0 Å². The van der Waals surface area contributed by atoms with Gasteiger partial charge in [-0.2, -0.15) is 0 Å². The zero-order valence-corrected chi connectivity index (χ0v) is 13.5. The fourth-order valence-electron chi connectivity index (χ4n) is 1.36. The fourth-order valence-corrected chi connectivity index (χ4v) is 2.71. The highest BCUT2D eigenvalue weighted by molar-refractivity contribution is 6.74. The first-order valence-corrected chi connectivity index (χ1v) is 9.31. The highest BCUT2D eigenvalue weighted by Crippen LogP contribution is 2.39. The standard InChI is InChI=1S/C12H23BN2O3Si/c1-9(18-19(5,6)12(2,3)4)11-14-7-10(8-15-11)13(16)17/h7-9,16-17H,1-6H3. The normalized spacial score (nSPS) is 14.3. The Balaban J connectivity index is 2.81. The molecule has 0 aliphatic rings. The molecular formula is C12H23BN2O3Si. The van der Waals surface area contributed by atoms with E-state index >= 15 is 0 Å². The summed E-state index contributed by atoms with van der Waals surface area (Å²) in [7, 11) is -3.40. The molecule has 0 radical (unpaired) electrons. The maximum Gasteiger partial charge on any atom is 0.491 e. The number of aromatic nitrogens is 2. The summed E-state index contributed by atoms with van der Waals surface area (Å²) in [5.41, 5.74) is 0.281. The van der Waals surface area contributed by atoms with Crippen LogP contribution in [0.1, 0.15) is 39.6 Å². The molecule has 7 heteroatoms. The smallest absolute Gasteiger partial charge is 0.423 e. The van der Waals surface area contributed by atoms with Crippen molar-refractivity contribution in [1.29, 1.82) is 0 Å². The van der Waals surface area contributed by atoms with Gasteiger partial charge >= 0.3 is 7.12 Å². The van der Waals surface area contributed by atoms with Gasteiger partial charge in [0.25, 0.3) is 0 Å². The van der Waals surface area contributed by atoms with Crippen molar-refractivity contribution in [3.05, 3.63) is 18.2 Å². The molecule has 1 rings (SSSR count). The van der Waals surface area contributed by atoms with E-state index < -0.39 is 15.4 Å². The Bertz CT molecular complexity index is 418. The third kappa shape index (κ3) is 4.10. The Morgan fingerprint density at radius 3 is 2.05 bits per heavy atom. The molecule has 1 heterocycles. The lowest BCUT2D eigenvalue weighted by atomic mass is 9.83. The van der Waals surface area contributed by atoms with E-state index in [9.17, 15) is 0 Å². The van der Waals surface area contributed by atoms with E-state index in [0.717, 1.165) is 0 Å². The number of hydrogen-bond acceptors (Lipinski definition) is 5. The Labute approximate surface area is 116 Å². The first-order valence-electron chi connectivity index (χ1n) is 6.40. The third-order valence-corrected chi connectivity index (χ3v) is 8.19. The van der Waals surface area contributed by atoms with Gasteiger partial charge in [0.1, 0.15) is 6.10 Å². The molecule has 0 bridgehead atoms. The predicted molar refractivity (Wildman–Crippen MR) is 78.6 cm³/mol. The van der Waals surface area contributed by atoms with Crippen molar-refractivity contribution >= 4 is 20.9 Å². The second-order valence-electron chi connectivity index (χ2n) is 6.27. The van der Waals surface area contributed by atoms with Crippen molar-refractivity contribution in [3.8, 4) is 0 Å². The van der Waals surface area contributed by atoms with Gasteiger partial charge in [0.15, 0.2) is 14.1 Å². The largest absolute Gasteiger partial charge is 0.491 e. The van der Waals surface area contributed by atoms with E-state index in [0.29, 0.717) is 5.82 Å². The molecule has 2 N–H and O–H groups in total. The first-order chi connectivity index (χ1) is 8.54. The molecule has 1 unspecified atom stereocenters. The Morgan fingerprint density at radius 1 is 1.21 bits per heavy atom. The van der Waals surface area contributed by atoms with Crippen LogP contribution in [-0.4, -0.2) is 35.5 Å². The van der Waals surface area contributed by atoms with E-state index in [-0.39, 0.29) is 16.6 Å². The lowest BCUT2D eigenvalue weighted by Gasteiger charge is -2.38. The average molecular weight is 282 g/mol. The van der Waals surface area contributed by atoms with Crippen molar-refractivity contribution in [2.45, 2.75) is 51.9 Å². The summed E-state index contributed by atoms with van der Waals surface area (Å²) in [6.07, 6.45) is 2.63. The second-order valence-corrected chi connectivity index (χ2v) is 11.0. The van der Waals surface area contributed by atoms with Crippen molar-refractivity contribution in [1.82, 2.24) is 9.97 Å². The summed E-state index contributed by atoms with van der Waals surface area (Å²) in [5.74, 6) is 0.564. The van der Waals surface area contributed by atoms with Crippen LogP contribution in [0, 0.1) is 0 Å². The van der Waals surface area contributed by atoms with Crippen LogP contribution >= 0.6 is 0 Å². The van der Waals surface area contributed by atoms with Gasteiger partial charge < -0.3 is 14.5 Å². The monoisotopic (exact) mass is 282 g/mol. The lowest BCUT2D eigenvalue weighted by molar-refractivity contribution is 0.193.